The zero-order chi connectivity index (χ0) is 13.5. The highest BCUT2D eigenvalue weighted by molar-refractivity contribution is 7.91. The minimum Gasteiger partial charge on any atom is -0.312 e. The Hall–Kier alpha value is -1.43. The van der Waals surface area contributed by atoms with Crippen LogP contribution in [-0.2, 0) is 16.4 Å². The molecular weight excluding hydrogens is 262 g/mol. The molecule has 102 valence electrons. The van der Waals surface area contributed by atoms with Crippen molar-refractivity contribution in [3.63, 3.8) is 0 Å². The summed E-state index contributed by atoms with van der Waals surface area (Å²) in [6.07, 6.45) is 4.11. The number of sulfone groups is 1. The van der Waals surface area contributed by atoms with Gasteiger partial charge in [-0.1, -0.05) is 6.42 Å². The van der Waals surface area contributed by atoms with Crippen molar-refractivity contribution in [1.29, 1.82) is 0 Å². The van der Waals surface area contributed by atoms with Gasteiger partial charge in [0, 0.05) is 12.7 Å². The van der Waals surface area contributed by atoms with E-state index in [9.17, 15) is 8.42 Å². The van der Waals surface area contributed by atoms with Gasteiger partial charge in [-0.2, -0.15) is 0 Å². The van der Waals surface area contributed by atoms with Crippen LogP contribution in [0.25, 0.3) is 11.2 Å². The van der Waals surface area contributed by atoms with Crippen molar-refractivity contribution in [2.75, 3.05) is 5.75 Å². The van der Waals surface area contributed by atoms with Crippen LogP contribution < -0.4 is 0 Å². The molecule has 5 nitrogen and oxygen atoms in total. The van der Waals surface area contributed by atoms with Crippen molar-refractivity contribution in [2.24, 2.45) is 0 Å². The van der Waals surface area contributed by atoms with Gasteiger partial charge in [-0.3, -0.25) is 0 Å². The minimum absolute atomic E-state index is 0.276. The molecule has 0 bridgehead atoms. The van der Waals surface area contributed by atoms with Gasteiger partial charge < -0.3 is 4.57 Å². The van der Waals surface area contributed by atoms with E-state index in [1.165, 1.54) is 0 Å². The summed E-state index contributed by atoms with van der Waals surface area (Å²) in [5.41, 5.74) is 1.56. The van der Waals surface area contributed by atoms with Crippen LogP contribution in [0.2, 0.25) is 0 Å². The summed E-state index contributed by atoms with van der Waals surface area (Å²) >= 11 is 0. The minimum atomic E-state index is -3.07. The first-order valence-electron chi connectivity index (χ1n) is 6.66. The van der Waals surface area contributed by atoms with E-state index in [1.54, 1.807) is 6.20 Å². The molecule has 6 heteroatoms. The van der Waals surface area contributed by atoms with Crippen LogP contribution in [-0.4, -0.2) is 28.7 Å². The van der Waals surface area contributed by atoms with E-state index in [-0.39, 0.29) is 5.75 Å². The van der Waals surface area contributed by atoms with Crippen molar-refractivity contribution < 1.29 is 8.42 Å². The molecule has 1 fully saturated rings. The fourth-order valence-corrected chi connectivity index (χ4v) is 4.70. The first-order valence-corrected chi connectivity index (χ1v) is 8.37. The SMILES string of the molecule is CCn1c(C2CCCCS2(=O)=O)nc2cccnc21. The lowest BCUT2D eigenvalue weighted by Crippen LogP contribution is -2.24. The normalized spacial score (nSPS) is 22.7. The second-order valence-electron chi connectivity index (χ2n) is 4.91. The molecule has 0 aliphatic carbocycles. The molecule has 1 saturated heterocycles. The third-order valence-corrected chi connectivity index (χ3v) is 5.89. The molecule has 0 amide bonds. The molecule has 0 saturated carbocycles. The van der Waals surface area contributed by atoms with Crippen LogP contribution in [0.3, 0.4) is 0 Å². The monoisotopic (exact) mass is 279 g/mol. The summed E-state index contributed by atoms with van der Waals surface area (Å²) in [4.78, 5) is 8.84. The molecule has 2 aromatic rings. The Kier molecular flexibility index (Phi) is 3.05. The summed E-state index contributed by atoms with van der Waals surface area (Å²) < 4.78 is 26.4. The Morgan fingerprint density at radius 3 is 3.00 bits per heavy atom. The molecule has 0 aromatic carbocycles. The molecule has 3 rings (SSSR count). The second kappa shape index (κ2) is 4.59. The van der Waals surface area contributed by atoms with Gasteiger partial charge in [-0.25, -0.2) is 18.4 Å². The lowest BCUT2D eigenvalue weighted by molar-refractivity contribution is 0.529. The second-order valence-corrected chi connectivity index (χ2v) is 7.21. The number of rotatable bonds is 2. The zero-order valence-electron chi connectivity index (χ0n) is 10.9. The molecule has 0 N–H and O–H groups in total. The highest BCUT2D eigenvalue weighted by atomic mass is 32.2. The highest BCUT2D eigenvalue weighted by Gasteiger charge is 2.34. The predicted octanol–water partition coefficient (Wildman–Crippen LogP) is 2.09. The lowest BCUT2D eigenvalue weighted by atomic mass is 10.2. The average Bonchev–Trinajstić information content (AvgIpc) is 2.76. The van der Waals surface area contributed by atoms with Gasteiger partial charge in [-0.15, -0.1) is 0 Å². The number of fused-ring (bicyclic) bond motifs is 1. The summed E-state index contributed by atoms with van der Waals surface area (Å²) in [7, 11) is -3.07. The number of pyridine rings is 1. The van der Waals surface area contributed by atoms with Crippen molar-refractivity contribution in [2.45, 2.75) is 38.0 Å². The topological polar surface area (TPSA) is 64.8 Å². The number of aromatic nitrogens is 3. The van der Waals surface area contributed by atoms with Crippen LogP contribution in [0, 0.1) is 0 Å². The molecular formula is C13H17N3O2S. The number of hydrogen-bond acceptors (Lipinski definition) is 4. The Balaban J connectivity index is 2.19. The maximum atomic E-state index is 12.3. The molecule has 1 aliphatic rings. The van der Waals surface area contributed by atoms with Crippen molar-refractivity contribution in [3.05, 3.63) is 24.2 Å². The molecule has 1 atom stereocenters. The highest BCUT2D eigenvalue weighted by Crippen LogP contribution is 2.34. The zero-order valence-corrected chi connectivity index (χ0v) is 11.7. The molecule has 1 unspecified atom stereocenters. The molecule has 3 heterocycles. The van der Waals surface area contributed by atoms with E-state index >= 15 is 0 Å². The average molecular weight is 279 g/mol. The Bertz CT molecular complexity index is 706. The summed E-state index contributed by atoms with van der Waals surface area (Å²) in [6, 6.07) is 3.71. The van der Waals surface area contributed by atoms with E-state index in [0.29, 0.717) is 18.8 Å². The van der Waals surface area contributed by atoms with Crippen LogP contribution >= 0.6 is 0 Å². The van der Waals surface area contributed by atoms with Gasteiger partial charge in [-0.05, 0) is 31.9 Å². The number of aryl methyl sites for hydroxylation is 1. The van der Waals surface area contributed by atoms with Crippen LogP contribution in [0.15, 0.2) is 18.3 Å². The first-order chi connectivity index (χ1) is 9.13. The van der Waals surface area contributed by atoms with Gasteiger partial charge in [0.05, 0.1) is 5.75 Å². The summed E-state index contributed by atoms with van der Waals surface area (Å²) in [5.74, 6) is 0.939. The maximum absolute atomic E-state index is 12.3. The van der Waals surface area contributed by atoms with Gasteiger partial charge in [0.25, 0.3) is 0 Å². The van der Waals surface area contributed by atoms with E-state index < -0.39 is 15.1 Å². The quantitative estimate of drug-likeness (QED) is 0.844. The number of nitrogens with zero attached hydrogens (tertiary/aromatic N) is 3. The largest absolute Gasteiger partial charge is 0.312 e. The van der Waals surface area contributed by atoms with E-state index in [4.69, 9.17) is 0 Å². The number of hydrogen-bond donors (Lipinski definition) is 0. The Morgan fingerprint density at radius 1 is 1.42 bits per heavy atom. The first kappa shape index (κ1) is 12.6. The van der Waals surface area contributed by atoms with Crippen LogP contribution in [0.4, 0.5) is 0 Å². The van der Waals surface area contributed by atoms with Crippen molar-refractivity contribution in [1.82, 2.24) is 14.5 Å². The van der Waals surface area contributed by atoms with Gasteiger partial charge in [0.15, 0.2) is 15.5 Å². The number of imidazole rings is 1. The Morgan fingerprint density at radius 2 is 2.26 bits per heavy atom. The smallest absolute Gasteiger partial charge is 0.160 e. The van der Waals surface area contributed by atoms with E-state index in [1.807, 2.05) is 23.6 Å². The fourth-order valence-electron chi connectivity index (χ4n) is 2.78. The third-order valence-electron chi connectivity index (χ3n) is 3.72. The van der Waals surface area contributed by atoms with Crippen LogP contribution in [0.5, 0.6) is 0 Å². The van der Waals surface area contributed by atoms with Crippen LogP contribution in [0.1, 0.15) is 37.3 Å². The predicted molar refractivity (Wildman–Crippen MR) is 73.6 cm³/mol. The lowest BCUT2D eigenvalue weighted by Gasteiger charge is -2.22. The van der Waals surface area contributed by atoms with Gasteiger partial charge in [0.2, 0.25) is 0 Å². The standard InChI is InChI=1S/C13H17N3O2S/c1-2-16-12-10(6-5-8-14-12)15-13(16)11-7-3-4-9-19(11,17)18/h5-6,8,11H,2-4,7,9H2,1H3. The Labute approximate surface area is 112 Å². The van der Waals surface area contributed by atoms with Crippen molar-refractivity contribution in [3.8, 4) is 0 Å². The maximum Gasteiger partial charge on any atom is 0.160 e. The molecule has 0 spiro atoms. The molecule has 0 radical (unpaired) electrons. The van der Waals surface area contributed by atoms with Gasteiger partial charge >= 0.3 is 0 Å². The third kappa shape index (κ3) is 2.04. The summed E-state index contributed by atoms with van der Waals surface area (Å²) in [6.45, 7) is 2.68. The molecule has 19 heavy (non-hydrogen) atoms. The van der Waals surface area contributed by atoms with E-state index in [2.05, 4.69) is 9.97 Å². The molecule has 1 aliphatic heterocycles. The molecule has 2 aromatic heterocycles. The van der Waals surface area contributed by atoms with Gasteiger partial charge in [0.1, 0.15) is 16.6 Å². The fraction of sp³-hybridized carbons (Fsp3) is 0.538. The summed E-state index contributed by atoms with van der Waals surface area (Å²) in [5, 5.41) is -0.463. The van der Waals surface area contributed by atoms with E-state index in [0.717, 1.165) is 24.0 Å². The van der Waals surface area contributed by atoms with Crippen molar-refractivity contribution >= 4 is 21.0 Å².